The van der Waals surface area contributed by atoms with Crippen molar-refractivity contribution in [1.82, 2.24) is 0 Å². The fourth-order valence-electron chi connectivity index (χ4n) is 1.45. The minimum absolute atomic E-state index is 0. The third-order valence-electron chi connectivity index (χ3n) is 2.26. The molecule has 0 aliphatic heterocycles. The summed E-state index contributed by atoms with van der Waals surface area (Å²) in [6.45, 7) is 0. The van der Waals surface area contributed by atoms with E-state index in [4.69, 9.17) is 4.55 Å². The van der Waals surface area contributed by atoms with Crippen molar-refractivity contribution in [3.8, 4) is 11.1 Å². The van der Waals surface area contributed by atoms with Crippen LogP contribution in [0.1, 0.15) is 0 Å². The van der Waals surface area contributed by atoms with Gasteiger partial charge in [0.1, 0.15) is 0 Å². The number of hydrogen-bond acceptors (Lipinski definition) is 2. The number of hydrogen-bond donors (Lipinski definition) is 1. The molecule has 0 bridgehead atoms. The topological polar surface area (TPSA) is 54.4 Å². The molecule has 0 atom stereocenters. The van der Waals surface area contributed by atoms with Gasteiger partial charge in [-0.3, -0.25) is 4.55 Å². The summed E-state index contributed by atoms with van der Waals surface area (Å²) in [7, 11) is -4.10. The Morgan fingerprint density at radius 3 is 1.61 bits per heavy atom. The SMILES string of the molecule is O=S(=O)(O)c1ccc(-c2ccccc2)cc1.[NaH].[NaH]. The fraction of sp³-hybridized carbons (Fsp3) is 0. The molecule has 0 saturated carbocycles. The van der Waals surface area contributed by atoms with Gasteiger partial charge in [0, 0.05) is 0 Å². The summed E-state index contributed by atoms with van der Waals surface area (Å²) in [6, 6.07) is 15.7. The average Bonchev–Trinajstić information content (AvgIpc) is 2.29. The number of benzene rings is 2. The second kappa shape index (κ2) is 7.82. The summed E-state index contributed by atoms with van der Waals surface area (Å²) < 4.78 is 30.5. The Bertz CT molecular complexity index is 580. The summed E-state index contributed by atoms with van der Waals surface area (Å²) in [5.41, 5.74) is 1.91. The van der Waals surface area contributed by atoms with E-state index in [1.54, 1.807) is 12.1 Å². The van der Waals surface area contributed by atoms with Crippen LogP contribution >= 0.6 is 0 Å². The molecule has 2 aromatic carbocycles. The van der Waals surface area contributed by atoms with Crippen molar-refractivity contribution in [2.24, 2.45) is 0 Å². The van der Waals surface area contributed by atoms with Gasteiger partial charge in [0.2, 0.25) is 0 Å². The van der Waals surface area contributed by atoms with E-state index in [1.807, 2.05) is 30.3 Å². The maximum absolute atomic E-state index is 10.8. The van der Waals surface area contributed by atoms with Gasteiger partial charge in [0.15, 0.2) is 0 Å². The molecule has 0 aliphatic rings. The summed E-state index contributed by atoms with van der Waals surface area (Å²) in [5.74, 6) is 0. The van der Waals surface area contributed by atoms with E-state index in [0.717, 1.165) is 11.1 Å². The van der Waals surface area contributed by atoms with Crippen LogP contribution in [0.4, 0.5) is 0 Å². The van der Waals surface area contributed by atoms with Crippen molar-refractivity contribution in [1.29, 1.82) is 0 Å². The Kier molecular flexibility index (Phi) is 7.97. The van der Waals surface area contributed by atoms with Crippen molar-refractivity contribution < 1.29 is 13.0 Å². The van der Waals surface area contributed by atoms with Gasteiger partial charge in [0.05, 0.1) is 4.90 Å². The van der Waals surface area contributed by atoms with Crippen LogP contribution in [0.2, 0.25) is 0 Å². The standard InChI is InChI=1S/C12H10O3S.2Na.2H/c13-16(14,15)12-8-6-11(7-9-12)10-4-2-1-3-5-10;;;;/h1-9H,(H,13,14,15);;;;. The van der Waals surface area contributed by atoms with Crippen LogP contribution in [0, 0.1) is 0 Å². The predicted molar refractivity (Wildman–Crippen MR) is 76.0 cm³/mol. The Hall–Kier alpha value is 0.350. The first-order valence-electron chi connectivity index (χ1n) is 4.70. The van der Waals surface area contributed by atoms with Gasteiger partial charge >= 0.3 is 59.1 Å². The zero-order chi connectivity index (χ0) is 11.6. The molecule has 0 unspecified atom stereocenters. The van der Waals surface area contributed by atoms with Crippen molar-refractivity contribution in [3.63, 3.8) is 0 Å². The van der Waals surface area contributed by atoms with E-state index in [-0.39, 0.29) is 64.0 Å². The Balaban J connectivity index is 0.00000144. The average molecular weight is 282 g/mol. The molecule has 0 heterocycles. The van der Waals surface area contributed by atoms with Gasteiger partial charge < -0.3 is 0 Å². The summed E-state index contributed by atoms with van der Waals surface area (Å²) in [5, 5.41) is 0. The van der Waals surface area contributed by atoms with E-state index < -0.39 is 10.1 Å². The molecule has 18 heavy (non-hydrogen) atoms. The van der Waals surface area contributed by atoms with E-state index in [2.05, 4.69) is 0 Å². The van der Waals surface area contributed by atoms with E-state index in [1.165, 1.54) is 12.1 Å². The predicted octanol–water partition coefficient (Wildman–Crippen LogP) is 1.30. The summed E-state index contributed by atoms with van der Waals surface area (Å²) in [4.78, 5) is -0.0906. The van der Waals surface area contributed by atoms with Crippen molar-refractivity contribution >= 4 is 69.2 Å². The molecular formula is C12H12Na2O3S. The Labute approximate surface area is 151 Å². The van der Waals surface area contributed by atoms with Crippen LogP contribution < -0.4 is 0 Å². The molecule has 0 radical (unpaired) electrons. The molecule has 3 nitrogen and oxygen atoms in total. The molecule has 0 aliphatic carbocycles. The van der Waals surface area contributed by atoms with Crippen LogP contribution in [-0.2, 0) is 10.1 Å². The summed E-state index contributed by atoms with van der Waals surface area (Å²) in [6.07, 6.45) is 0. The molecule has 0 fully saturated rings. The quantitative estimate of drug-likeness (QED) is 0.667. The maximum atomic E-state index is 10.8. The second-order valence-electron chi connectivity index (χ2n) is 3.37. The van der Waals surface area contributed by atoms with Crippen LogP contribution in [0.5, 0.6) is 0 Å². The van der Waals surface area contributed by atoms with Crippen LogP contribution in [0.3, 0.4) is 0 Å². The first kappa shape index (κ1) is 18.4. The van der Waals surface area contributed by atoms with Crippen molar-refractivity contribution in [2.75, 3.05) is 0 Å². The first-order chi connectivity index (χ1) is 7.57. The normalized spacial score (nSPS) is 10.1. The van der Waals surface area contributed by atoms with Gasteiger partial charge in [-0.15, -0.1) is 0 Å². The van der Waals surface area contributed by atoms with Crippen LogP contribution in [0.25, 0.3) is 11.1 Å². The van der Waals surface area contributed by atoms with E-state index in [0.29, 0.717) is 0 Å². The molecule has 0 saturated heterocycles. The monoisotopic (exact) mass is 282 g/mol. The summed E-state index contributed by atoms with van der Waals surface area (Å²) >= 11 is 0. The van der Waals surface area contributed by atoms with Crippen molar-refractivity contribution in [3.05, 3.63) is 54.6 Å². The fourth-order valence-corrected chi connectivity index (χ4v) is 1.93. The van der Waals surface area contributed by atoms with E-state index >= 15 is 0 Å². The van der Waals surface area contributed by atoms with Gasteiger partial charge in [0.25, 0.3) is 10.1 Å². The molecule has 6 heteroatoms. The molecule has 86 valence electrons. The minimum atomic E-state index is -4.10. The van der Waals surface area contributed by atoms with Gasteiger partial charge in [-0.1, -0.05) is 42.5 Å². The molecule has 2 rings (SSSR count). The molecule has 0 amide bonds. The molecule has 2 aromatic rings. The second-order valence-corrected chi connectivity index (χ2v) is 4.79. The van der Waals surface area contributed by atoms with Crippen molar-refractivity contribution in [2.45, 2.75) is 4.90 Å². The Morgan fingerprint density at radius 1 is 0.722 bits per heavy atom. The zero-order valence-electron chi connectivity index (χ0n) is 8.37. The first-order valence-corrected chi connectivity index (χ1v) is 6.14. The zero-order valence-corrected chi connectivity index (χ0v) is 9.18. The number of rotatable bonds is 2. The van der Waals surface area contributed by atoms with Gasteiger partial charge in [-0.05, 0) is 23.3 Å². The molecule has 1 N–H and O–H groups in total. The van der Waals surface area contributed by atoms with Crippen LogP contribution in [0.15, 0.2) is 59.5 Å². The van der Waals surface area contributed by atoms with Gasteiger partial charge in [-0.25, -0.2) is 0 Å². The third-order valence-corrected chi connectivity index (χ3v) is 3.13. The van der Waals surface area contributed by atoms with E-state index in [9.17, 15) is 8.42 Å². The third kappa shape index (κ3) is 4.79. The molecule has 0 aromatic heterocycles. The Morgan fingerprint density at radius 2 is 1.17 bits per heavy atom. The molecular weight excluding hydrogens is 270 g/mol. The molecule has 0 spiro atoms. The van der Waals surface area contributed by atoms with Gasteiger partial charge in [-0.2, -0.15) is 8.42 Å². The van der Waals surface area contributed by atoms with Crippen LogP contribution in [-0.4, -0.2) is 72.1 Å².